The van der Waals surface area contributed by atoms with Crippen LogP contribution < -0.4 is 14.6 Å². The summed E-state index contributed by atoms with van der Waals surface area (Å²) in [4.78, 5) is 25.0. The number of non-ortho nitro benzene ring substituents is 1. The quantitative estimate of drug-likeness (QED) is 0.356. The van der Waals surface area contributed by atoms with Crippen LogP contribution in [0.4, 0.5) is 17.1 Å². The van der Waals surface area contributed by atoms with E-state index < -0.39 is 27.4 Å². The zero-order chi connectivity index (χ0) is 23.1. The van der Waals surface area contributed by atoms with Gasteiger partial charge in [-0.05, 0) is 18.2 Å². The topological polar surface area (TPSA) is 134 Å². The van der Waals surface area contributed by atoms with E-state index in [1.165, 1.54) is 18.3 Å². The number of anilines is 2. The van der Waals surface area contributed by atoms with Crippen molar-refractivity contribution in [2.24, 2.45) is 5.10 Å². The Kier molecular flexibility index (Phi) is 7.38. The number of hydrogen-bond donors (Lipinski definition) is 1. The van der Waals surface area contributed by atoms with Gasteiger partial charge in [-0.15, -0.1) is 0 Å². The van der Waals surface area contributed by atoms with Gasteiger partial charge in [0.05, 0.1) is 36.3 Å². The number of carbonyl (C=O) groups excluding carboxylic acids is 1. The highest BCUT2D eigenvalue weighted by atomic mass is 32.2. The van der Waals surface area contributed by atoms with Gasteiger partial charge in [-0.2, -0.15) is 5.10 Å². The van der Waals surface area contributed by atoms with Crippen LogP contribution in [0.5, 0.6) is 0 Å². The summed E-state index contributed by atoms with van der Waals surface area (Å²) in [5.74, 6) is -0.658. The summed E-state index contributed by atoms with van der Waals surface area (Å²) in [5, 5.41) is 15.1. The fourth-order valence-corrected chi connectivity index (χ4v) is 4.04. The third kappa shape index (κ3) is 6.02. The normalized spacial score (nSPS) is 14.3. The smallest absolute Gasteiger partial charge is 0.270 e. The third-order valence-corrected chi connectivity index (χ3v) is 5.84. The standard InChI is InChI=1S/C20H23N5O6S/c1-32(29,30)24(17-5-3-2-4-6-17)15-20(26)22-21-14-16-13-18(25(27)28)7-8-19(16)23-9-11-31-12-10-23/h2-8,13-14H,9-12,15H2,1H3,(H,22,26)/b21-14-. The fourth-order valence-electron chi connectivity index (χ4n) is 3.18. The molecule has 32 heavy (non-hydrogen) atoms. The Hall–Kier alpha value is -3.51. The first kappa shape index (κ1) is 23.2. The van der Waals surface area contributed by atoms with Gasteiger partial charge in [-0.1, -0.05) is 18.2 Å². The second-order valence-corrected chi connectivity index (χ2v) is 8.90. The molecule has 170 valence electrons. The molecule has 1 aliphatic rings. The van der Waals surface area contributed by atoms with Crippen molar-refractivity contribution in [3.05, 3.63) is 64.2 Å². The maximum atomic E-state index is 12.4. The van der Waals surface area contributed by atoms with E-state index in [-0.39, 0.29) is 5.69 Å². The lowest BCUT2D eigenvalue weighted by atomic mass is 10.1. The van der Waals surface area contributed by atoms with Crippen LogP contribution in [0.3, 0.4) is 0 Å². The number of nitrogens with zero attached hydrogens (tertiary/aromatic N) is 4. The molecule has 1 saturated heterocycles. The van der Waals surface area contributed by atoms with E-state index in [1.54, 1.807) is 36.4 Å². The number of nitrogens with one attached hydrogen (secondary N) is 1. The molecule has 0 unspecified atom stereocenters. The minimum Gasteiger partial charge on any atom is -0.378 e. The van der Waals surface area contributed by atoms with Gasteiger partial charge in [0.15, 0.2) is 0 Å². The minimum atomic E-state index is -3.70. The minimum absolute atomic E-state index is 0.109. The molecule has 11 nitrogen and oxygen atoms in total. The van der Waals surface area contributed by atoms with Gasteiger partial charge in [0.25, 0.3) is 11.6 Å². The number of morpholine rings is 1. The average molecular weight is 462 g/mol. The number of hydrazone groups is 1. The Labute approximate surface area is 185 Å². The van der Waals surface area contributed by atoms with Crippen molar-refractivity contribution in [2.75, 3.05) is 48.3 Å². The largest absolute Gasteiger partial charge is 0.378 e. The van der Waals surface area contributed by atoms with Gasteiger partial charge >= 0.3 is 0 Å². The molecule has 0 atom stereocenters. The molecule has 0 radical (unpaired) electrons. The number of sulfonamides is 1. The van der Waals surface area contributed by atoms with E-state index in [9.17, 15) is 23.3 Å². The first-order chi connectivity index (χ1) is 15.3. The second-order valence-electron chi connectivity index (χ2n) is 7.00. The van der Waals surface area contributed by atoms with E-state index in [2.05, 4.69) is 10.5 Å². The first-order valence-corrected chi connectivity index (χ1v) is 11.6. The van der Waals surface area contributed by atoms with Crippen LogP contribution >= 0.6 is 0 Å². The highest BCUT2D eigenvalue weighted by Gasteiger charge is 2.21. The van der Waals surface area contributed by atoms with E-state index in [1.807, 2.05) is 4.90 Å². The summed E-state index contributed by atoms with van der Waals surface area (Å²) in [6.07, 6.45) is 2.32. The molecule has 1 heterocycles. The lowest BCUT2D eigenvalue weighted by Crippen LogP contribution is -2.39. The number of benzene rings is 2. The Balaban J connectivity index is 1.76. The van der Waals surface area contributed by atoms with Crippen LogP contribution in [-0.2, 0) is 19.6 Å². The second kappa shape index (κ2) is 10.2. The number of rotatable bonds is 8. The number of hydrogen-bond acceptors (Lipinski definition) is 8. The van der Waals surface area contributed by atoms with Crippen molar-refractivity contribution in [3.8, 4) is 0 Å². The fraction of sp³-hybridized carbons (Fsp3) is 0.300. The van der Waals surface area contributed by atoms with E-state index in [4.69, 9.17) is 4.74 Å². The summed E-state index contributed by atoms with van der Waals surface area (Å²) < 4.78 is 30.5. The monoisotopic (exact) mass is 461 g/mol. The molecular weight excluding hydrogens is 438 g/mol. The molecule has 1 fully saturated rings. The molecule has 12 heteroatoms. The van der Waals surface area contributed by atoms with E-state index >= 15 is 0 Å². The number of para-hydroxylation sites is 1. The first-order valence-electron chi connectivity index (χ1n) is 9.71. The van der Waals surface area contributed by atoms with Gasteiger partial charge in [-0.25, -0.2) is 13.8 Å². The summed E-state index contributed by atoms with van der Waals surface area (Å²) >= 11 is 0. The van der Waals surface area contributed by atoms with Crippen molar-refractivity contribution in [2.45, 2.75) is 0 Å². The predicted molar refractivity (Wildman–Crippen MR) is 120 cm³/mol. The number of ether oxygens (including phenoxy) is 1. The molecule has 2 aromatic carbocycles. The lowest BCUT2D eigenvalue weighted by Gasteiger charge is -2.29. The van der Waals surface area contributed by atoms with Crippen molar-refractivity contribution in [3.63, 3.8) is 0 Å². The van der Waals surface area contributed by atoms with Gasteiger partial charge in [0, 0.05) is 36.5 Å². The SMILES string of the molecule is CS(=O)(=O)N(CC(=O)N/N=C\c1cc([N+](=O)[O-])ccc1N1CCOCC1)c1ccccc1. The predicted octanol–water partition coefficient (Wildman–Crippen LogP) is 1.35. The molecule has 2 aromatic rings. The molecule has 0 saturated carbocycles. The molecule has 0 spiro atoms. The highest BCUT2D eigenvalue weighted by molar-refractivity contribution is 7.92. The van der Waals surface area contributed by atoms with Gasteiger partial charge in [0.1, 0.15) is 6.54 Å². The molecule has 3 rings (SSSR count). The van der Waals surface area contributed by atoms with E-state index in [0.717, 1.165) is 16.2 Å². The zero-order valence-electron chi connectivity index (χ0n) is 17.4. The molecule has 1 amide bonds. The van der Waals surface area contributed by atoms with Gasteiger partial charge < -0.3 is 9.64 Å². The van der Waals surface area contributed by atoms with Crippen LogP contribution in [0.1, 0.15) is 5.56 Å². The van der Waals surface area contributed by atoms with Gasteiger partial charge in [-0.3, -0.25) is 19.2 Å². The molecule has 0 aromatic heterocycles. The van der Waals surface area contributed by atoms with Crippen molar-refractivity contribution in [1.82, 2.24) is 5.43 Å². The molecule has 0 aliphatic carbocycles. The Morgan fingerprint density at radius 3 is 2.56 bits per heavy atom. The molecule has 1 aliphatic heterocycles. The Morgan fingerprint density at radius 1 is 1.25 bits per heavy atom. The summed E-state index contributed by atoms with van der Waals surface area (Å²) in [6.45, 7) is 1.83. The molecule has 0 bridgehead atoms. The highest BCUT2D eigenvalue weighted by Crippen LogP contribution is 2.25. The van der Waals surface area contributed by atoms with Crippen LogP contribution in [-0.4, -0.2) is 64.6 Å². The number of nitro groups is 1. The summed E-state index contributed by atoms with van der Waals surface area (Å²) in [5.41, 5.74) is 3.70. The van der Waals surface area contributed by atoms with Gasteiger partial charge in [0.2, 0.25) is 10.0 Å². The number of nitro benzene ring substituents is 1. The maximum absolute atomic E-state index is 12.4. The van der Waals surface area contributed by atoms with Crippen LogP contribution in [0.2, 0.25) is 0 Å². The van der Waals surface area contributed by atoms with Crippen LogP contribution in [0, 0.1) is 10.1 Å². The van der Waals surface area contributed by atoms with Crippen molar-refractivity contribution in [1.29, 1.82) is 0 Å². The average Bonchev–Trinajstić information content (AvgIpc) is 2.78. The molecule has 1 N–H and O–H groups in total. The summed E-state index contributed by atoms with van der Waals surface area (Å²) in [6, 6.07) is 12.6. The Morgan fingerprint density at radius 2 is 1.94 bits per heavy atom. The van der Waals surface area contributed by atoms with E-state index in [0.29, 0.717) is 37.6 Å². The van der Waals surface area contributed by atoms with Crippen LogP contribution in [0.25, 0.3) is 0 Å². The van der Waals surface area contributed by atoms with Crippen molar-refractivity contribution >= 4 is 39.2 Å². The van der Waals surface area contributed by atoms with Crippen molar-refractivity contribution < 1.29 is 22.9 Å². The number of carbonyl (C=O) groups is 1. The number of amides is 1. The third-order valence-electron chi connectivity index (χ3n) is 4.70. The summed E-state index contributed by atoms with van der Waals surface area (Å²) in [7, 11) is -3.70. The lowest BCUT2D eigenvalue weighted by molar-refractivity contribution is -0.384. The maximum Gasteiger partial charge on any atom is 0.270 e. The zero-order valence-corrected chi connectivity index (χ0v) is 18.2. The Bertz CT molecular complexity index is 1100. The van der Waals surface area contributed by atoms with Crippen LogP contribution in [0.15, 0.2) is 53.6 Å². The molecular formula is C20H23N5O6S.